The van der Waals surface area contributed by atoms with Gasteiger partial charge in [-0.25, -0.2) is 18.2 Å². The summed E-state index contributed by atoms with van der Waals surface area (Å²) < 4.78 is 33.8. The zero-order chi connectivity index (χ0) is 24.2. The van der Waals surface area contributed by atoms with Gasteiger partial charge in [-0.1, -0.05) is 0 Å². The number of H-pyrrole nitrogens is 1. The zero-order valence-electron chi connectivity index (χ0n) is 18.2. The summed E-state index contributed by atoms with van der Waals surface area (Å²) in [5.41, 5.74) is 1.57. The minimum Gasteiger partial charge on any atom is -0.465 e. The van der Waals surface area contributed by atoms with Gasteiger partial charge >= 0.3 is 5.97 Å². The molecular weight excluding hydrogens is 450 g/mol. The number of aliphatic hydroxyl groups is 1. The lowest BCUT2D eigenvalue weighted by molar-refractivity contribution is 0.0600. The molecule has 0 saturated heterocycles. The molecule has 174 valence electrons. The van der Waals surface area contributed by atoms with Crippen molar-refractivity contribution < 1.29 is 32.6 Å². The van der Waals surface area contributed by atoms with Gasteiger partial charge in [-0.15, -0.1) is 0 Å². The first kappa shape index (κ1) is 24.0. The average Bonchev–Trinajstić information content (AvgIpc) is 3.27. The summed E-state index contributed by atoms with van der Waals surface area (Å²) in [5.74, 6) is -0.440. The molecule has 0 radical (unpaired) electrons. The smallest absolute Gasteiger partial charge is 0.338 e. The van der Waals surface area contributed by atoms with Crippen molar-refractivity contribution in [3.8, 4) is 22.8 Å². The number of pyridine rings is 1. The Hall–Kier alpha value is -3.70. The fraction of sp³-hybridized carbons (Fsp3) is 0.227. The van der Waals surface area contributed by atoms with Crippen molar-refractivity contribution in [1.29, 1.82) is 0 Å². The van der Waals surface area contributed by atoms with Crippen molar-refractivity contribution in [3.05, 3.63) is 59.9 Å². The molecule has 1 atom stereocenters. The van der Waals surface area contributed by atoms with E-state index in [0.717, 1.165) is 6.26 Å². The van der Waals surface area contributed by atoms with E-state index in [1.165, 1.54) is 31.5 Å². The van der Waals surface area contributed by atoms with Crippen LogP contribution in [0.4, 0.5) is 0 Å². The number of aromatic amines is 1. The Morgan fingerprint density at radius 2 is 1.91 bits per heavy atom. The van der Waals surface area contributed by atoms with E-state index in [-0.39, 0.29) is 40.2 Å². The van der Waals surface area contributed by atoms with Crippen LogP contribution in [0.25, 0.3) is 11.3 Å². The van der Waals surface area contributed by atoms with Gasteiger partial charge in [0.1, 0.15) is 17.2 Å². The lowest BCUT2D eigenvalue weighted by Gasteiger charge is -2.10. The second kappa shape index (κ2) is 9.84. The molecule has 1 aromatic carbocycles. The Labute approximate surface area is 190 Å². The van der Waals surface area contributed by atoms with Crippen LogP contribution in [-0.4, -0.2) is 61.4 Å². The maximum atomic E-state index is 12.2. The first-order valence-corrected chi connectivity index (χ1v) is 11.7. The highest BCUT2D eigenvalue weighted by atomic mass is 32.2. The maximum Gasteiger partial charge on any atom is 0.338 e. The molecule has 3 rings (SSSR count). The summed E-state index contributed by atoms with van der Waals surface area (Å²) in [7, 11) is -2.20. The molecule has 0 aliphatic heterocycles. The van der Waals surface area contributed by atoms with Gasteiger partial charge in [-0.05, 0) is 49.4 Å². The molecule has 0 spiro atoms. The van der Waals surface area contributed by atoms with E-state index >= 15 is 0 Å². The van der Waals surface area contributed by atoms with Crippen molar-refractivity contribution in [2.75, 3.05) is 19.9 Å². The standard InChI is InChI=1S/C22H23N3O7S/c1-13(26)11-24-21(27)19-6-5-18(25-19)14-8-15(22(28)31-2)10-17(9-14)32-16-4-7-20(23-12-16)33(3,29)30/h4-10,12-13,25-26H,11H2,1-3H3,(H,24,27)/t13-/m1/s1. The van der Waals surface area contributed by atoms with Crippen molar-refractivity contribution in [2.24, 2.45) is 0 Å². The first-order valence-electron chi connectivity index (χ1n) is 9.80. The van der Waals surface area contributed by atoms with Gasteiger partial charge in [0.2, 0.25) is 0 Å². The van der Waals surface area contributed by atoms with Crippen molar-refractivity contribution >= 4 is 21.7 Å². The number of hydrogen-bond donors (Lipinski definition) is 3. The number of nitrogens with zero attached hydrogens (tertiary/aromatic N) is 1. The third kappa shape index (κ3) is 6.18. The van der Waals surface area contributed by atoms with Crippen LogP contribution >= 0.6 is 0 Å². The molecule has 3 aromatic rings. The van der Waals surface area contributed by atoms with E-state index in [0.29, 0.717) is 11.3 Å². The summed E-state index contributed by atoms with van der Waals surface area (Å²) in [6.45, 7) is 1.67. The molecule has 33 heavy (non-hydrogen) atoms. The molecule has 1 amide bonds. The molecule has 0 aliphatic carbocycles. The topological polar surface area (TPSA) is 148 Å². The van der Waals surface area contributed by atoms with Crippen LogP contribution in [0.2, 0.25) is 0 Å². The molecule has 3 N–H and O–H groups in total. The van der Waals surface area contributed by atoms with Crippen molar-refractivity contribution in [3.63, 3.8) is 0 Å². The van der Waals surface area contributed by atoms with Gasteiger partial charge in [0.15, 0.2) is 14.9 Å². The SMILES string of the molecule is COC(=O)c1cc(Oc2ccc(S(C)(=O)=O)nc2)cc(-c2ccc(C(=O)NC[C@@H](C)O)[nH]2)c1. The monoisotopic (exact) mass is 473 g/mol. The van der Waals surface area contributed by atoms with Crippen molar-refractivity contribution in [1.82, 2.24) is 15.3 Å². The number of nitrogens with one attached hydrogen (secondary N) is 2. The number of amides is 1. The van der Waals surface area contributed by atoms with E-state index in [1.54, 1.807) is 31.2 Å². The van der Waals surface area contributed by atoms with E-state index in [4.69, 9.17) is 9.47 Å². The molecule has 0 bridgehead atoms. The molecule has 0 aliphatic rings. The summed E-state index contributed by atoms with van der Waals surface area (Å²) in [4.78, 5) is 31.2. The number of rotatable bonds is 8. The van der Waals surface area contributed by atoms with E-state index < -0.39 is 21.9 Å². The number of aliphatic hydroxyl groups excluding tert-OH is 1. The number of aromatic nitrogens is 2. The summed E-state index contributed by atoms with van der Waals surface area (Å²) in [6.07, 6.45) is 1.64. The second-order valence-electron chi connectivity index (χ2n) is 7.29. The number of benzene rings is 1. The van der Waals surface area contributed by atoms with Gasteiger partial charge in [-0.3, -0.25) is 4.79 Å². The maximum absolute atomic E-state index is 12.2. The molecule has 0 unspecified atom stereocenters. The van der Waals surface area contributed by atoms with Gasteiger partial charge in [0.25, 0.3) is 5.91 Å². The molecule has 11 heteroatoms. The Morgan fingerprint density at radius 1 is 1.15 bits per heavy atom. The van der Waals surface area contributed by atoms with Crippen LogP contribution in [0.1, 0.15) is 27.8 Å². The van der Waals surface area contributed by atoms with Crippen LogP contribution in [0.3, 0.4) is 0 Å². The minimum absolute atomic E-state index is 0.0911. The summed E-state index contributed by atoms with van der Waals surface area (Å²) in [5, 5.41) is 11.8. The number of carbonyl (C=O) groups is 2. The van der Waals surface area contributed by atoms with Gasteiger partial charge in [-0.2, -0.15) is 0 Å². The molecule has 2 heterocycles. The van der Waals surface area contributed by atoms with Crippen LogP contribution < -0.4 is 10.1 Å². The highest BCUT2D eigenvalue weighted by Gasteiger charge is 2.15. The molecular formula is C22H23N3O7S. The quantitative estimate of drug-likeness (QED) is 0.422. The predicted molar refractivity (Wildman–Crippen MR) is 119 cm³/mol. The number of hydrogen-bond acceptors (Lipinski definition) is 8. The largest absolute Gasteiger partial charge is 0.465 e. The fourth-order valence-electron chi connectivity index (χ4n) is 2.86. The summed E-state index contributed by atoms with van der Waals surface area (Å²) >= 11 is 0. The highest BCUT2D eigenvalue weighted by molar-refractivity contribution is 7.90. The van der Waals surface area contributed by atoms with E-state index in [1.807, 2.05) is 0 Å². The molecule has 0 fully saturated rings. The van der Waals surface area contributed by atoms with Crippen LogP contribution in [0.5, 0.6) is 11.5 Å². The molecule has 0 saturated carbocycles. The Balaban J connectivity index is 1.91. The van der Waals surface area contributed by atoms with Crippen LogP contribution in [0, 0.1) is 0 Å². The Morgan fingerprint density at radius 3 is 2.52 bits per heavy atom. The zero-order valence-corrected chi connectivity index (χ0v) is 19.0. The number of sulfone groups is 1. The fourth-order valence-corrected chi connectivity index (χ4v) is 3.42. The van der Waals surface area contributed by atoms with Crippen LogP contribution in [0.15, 0.2) is 53.7 Å². The summed E-state index contributed by atoms with van der Waals surface area (Å²) in [6, 6.07) is 10.7. The first-order chi connectivity index (χ1) is 15.6. The number of carbonyl (C=O) groups excluding carboxylic acids is 2. The highest BCUT2D eigenvalue weighted by Crippen LogP contribution is 2.29. The lowest BCUT2D eigenvalue weighted by atomic mass is 10.1. The van der Waals surface area contributed by atoms with Gasteiger partial charge < -0.3 is 24.9 Å². The predicted octanol–water partition coefficient (Wildman–Crippen LogP) is 2.17. The normalized spacial score (nSPS) is 12.1. The Bertz CT molecular complexity index is 1270. The van der Waals surface area contributed by atoms with E-state index in [9.17, 15) is 23.1 Å². The number of esters is 1. The minimum atomic E-state index is -3.45. The average molecular weight is 474 g/mol. The van der Waals surface area contributed by atoms with Gasteiger partial charge in [0, 0.05) is 24.1 Å². The lowest BCUT2D eigenvalue weighted by Crippen LogP contribution is -2.30. The molecule has 10 nitrogen and oxygen atoms in total. The second-order valence-corrected chi connectivity index (χ2v) is 9.25. The van der Waals surface area contributed by atoms with Crippen molar-refractivity contribution in [2.45, 2.75) is 18.1 Å². The Kier molecular flexibility index (Phi) is 7.14. The third-order valence-electron chi connectivity index (χ3n) is 4.45. The van der Waals surface area contributed by atoms with Crippen LogP contribution in [-0.2, 0) is 14.6 Å². The third-order valence-corrected chi connectivity index (χ3v) is 5.45. The van der Waals surface area contributed by atoms with Gasteiger partial charge in [0.05, 0.1) is 25.0 Å². The number of methoxy groups -OCH3 is 1. The van der Waals surface area contributed by atoms with E-state index in [2.05, 4.69) is 15.3 Å². The molecule has 2 aromatic heterocycles. The number of ether oxygens (including phenoxy) is 2.